The summed E-state index contributed by atoms with van der Waals surface area (Å²) in [4.78, 5) is 17.4. The smallest absolute Gasteiger partial charge is 0.324 e. The topological polar surface area (TPSA) is 93.1 Å². The van der Waals surface area contributed by atoms with Gasteiger partial charge >= 0.3 is 6.72 Å². The number of rotatable bonds is 5. The monoisotopic (exact) mass is 298 g/mol. The summed E-state index contributed by atoms with van der Waals surface area (Å²) in [6, 6.07) is 5.97. The second-order valence-electron chi connectivity index (χ2n) is 3.12. The van der Waals surface area contributed by atoms with Gasteiger partial charge in [-0.05, 0) is 30.9 Å². The van der Waals surface area contributed by atoms with E-state index in [0.29, 0.717) is 0 Å². The lowest BCUT2D eigenvalue weighted by molar-refractivity contribution is 0.109. The summed E-state index contributed by atoms with van der Waals surface area (Å²) in [6.45, 7) is -2.93. The molecule has 0 fully saturated rings. The lowest BCUT2D eigenvalue weighted by Crippen LogP contribution is -2.09. The summed E-state index contributed by atoms with van der Waals surface area (Å²) < 4.78 is 31.8. The van der Waals surface area contributed by atoms with Gasteiger partial charge in [-0.25, -0.2) is 4.18 Å². The summed E-state index contributed by atoms with van der Waals surface area (Å²) in [5.41, 5.74) is 0.904. The van der Waals surface area contributed by atoms with Gasteiger partial charge in [0.2, 0.25) is 0 Å². The van der Waals surface area contributed by atoms with E-state index < -0.39 is 23.6 Å². The van der Waals surface area contributed by atoms with Crippen LogP contribution in [0.4, 0.5) is 0 Å². The highest BCUT2D eigenvalue weighted by atomic mass is 32.5. The Bertz CT molecular complexity index is 517. The van der Waals surface area contributed by atoms with Crippen molar-refractivity contribution in [1.29, 1.82) is 0 Å². The Morgan fingerprint density at radius 1 is 1.29 bits per heavy atom. The van der Waals surface area contributed by atoms with Crippen molar-refractivity contribution in [2.45, 2.75) is 11.8 Å². The molecule has 0 heterocycles. The van der Waals surface area contributed by atoms with Crippen molar-refractivity contribution in [1.82, 2.24) is 0 Å². The molecule has 0 amide bonds. The number of aryl methyl sites for hydroxylation is 1. The Morgan fingerprint density at radius 2 is 1.82 bits per heavy atom. The maximum atomic E-state index is 11.5. The molecule has 0 spiro atoms. The normalized spacial score (nSPS) is 12.6. The Labute approximate surface area is 104 Å². The first-order valence-electron chi connectivity index (χ1n) is 4.37. The van der Waals surface area contributed by atoms with Crippen LogP contribution in [0.15, 0.2) is 29.2 Å². The molecule has 1 aromatic carbocycles. The molecular weight excluding hydrogens is 287 g/mol. The predicted octanol–water partition coefficient (Wildman–Crippen LogP) is 0.884. The van der Waals surface area contributed by atoms with E-state index in [2.05, 4.69) is 20.5 Å². The quantitative estimate of drug-likeness (QED) is 0.473. The molecule has 9 heteroatoms. The van der Waals surface area contributed by atoms with Crippen LogP contribution in [0.25, 0.3) is 0 Å². The average Bonchev–Trinajstić information content (AvgIpc) is 2.15. The van der Waals surface area contributed by atoms with Crippen molar-refractivity contribution < 1.29 is 26.9 Å². The van der Waals surface area contributed by atoms with Crippen LogP contribution in [0, 0.1) is 6.92 Å². The van der Waals surface area contributed by atoms with Crippen LogP contribution < -0.4 is 0 Å². The average molecular weight is 298 g/mol. The highest BCUT2D eigenvalue weighted by Crippen LogP contribution is 2.36. The standard InChI is InChI=1S/C8H11O6PS2/c1-7-2-4-8(5-3-7)17(11,12)14-6-13-15(9,10)16/h2-5H,6H2,1H3,(H2,9,10,16). The zero-order chi connectivity index (χ0) is 13.1. The molecule has 0 bridgehead atoms. The second kappa shape index (κ2) is 5.53. The van der Waals surface area contributed by atoms with Crippen molar-refractivity contribution >= 4 is 28.6 Å². The largest absolute Gasteiger partial charge is 0.324 e. The van der Waals surface area contributed by atoms with Crippen LogP contribution in [0.3, 0.4) is 0 Å². The van der Waals surface area contributed by atoms with E-state index in [4.69, 9.17) is 9.79 Å². The van der Waals surface area contributed by atoms with Gasteiger partial charge in [0.05, 0.1) is 4.90 Å². The summed E-state index contributed by atoms with van der Waals surface area (Å²) >= 11 is 4.13. The van der Waals surface area contributed by atoms with Crippen LogP contribution in [0.1, 0.15) is 5.56 Å². The second-order valence-corrected chi connectivity index (χ2v) is 7.40. The highest BCUT2D eigenvalue weighted by molar-refractivity contribution is 8.06. The molecule has 0 atom stereocenters. The number of benzene rings is 1. The van der Waals surface area contributed by atoms with Crippen molar-refractivity contribution in [3.05, 3.63) is 29.8 Å². The fraction of sp³-hybridized carbons (Fsp3) is 0.250. The first-order valence-corrected chi connectivity index (χ1v) is 8.40. The molecule has 0 saturated heterocycles. The molecule has 2 N–H and O–H groups in total. The molecule has 0 radical (unpaired) electrons. The Morgan fingerprint density at radius 3 is 2.29 bits per heavy atom. The maximum absolute atomic E-state index is 11.5. The first kappa shape index (κ1) is 14.7. The molecule has 0 aliphatic rings. The van der Waals surface area contributed by atoms with Crippen LogP contribution in [0.2, 0.25) is 0 Å². The van der Waals surface area contributed by atoms with E-state index in [-0.39, 0.29) is 4.90 Å². The van der Waals surface area contributed by atoms with Gasteiger partial charge in [-0.1, -0.05) is 17.7 Å². The fourth-order valence-electron chi connectivity index (χ4n) is 0.926. The molecule has 0 saturated carbocycles. The molecule has 17 heavy (non-hydrogen) atoms. The van der Waals surface area contributed by atoms with Gasteiger partial charge in [-0.2, -0.15) is 8.42 Å². The van der Waals surface area contributed by atoms with E-state index in [0.717, 1.165) is 5.56 Å². The van der Waals surface area contributed by atoms with Crippen LogP contribution in [-0.2, 0) is 30.6 Å². The minimum Gasteiger partial charge on any atom is -0.324 e. The zero-order valence-electron chi connectivity index (χ0n) is 8.81. The SMILES string of the molecule is Cc1ccc(S(=O)(=O)OCOP(O)(O)=S)cc1. The van der Waals surface area contributed by atoms with Gasteiger partial charge in [0.1, 0.15) is 0 Å². The van der Waals surface area contributed by atoms with Gasteiger partial charge in [-0.3, -0.25) is 4.52 Å². The van der Waals surface area contributed by atoms with Crippen molar-refractivity contribution in [2.75, 3.05) is 6.79 Å². The van der Waals surface area contributed by atoms with Crippen LogP contribution in [-0.4, -0.2) is 25.0 Å². The van der Waals surface area contributed by atoms with Crippen molar-refractivity contribution in [2.24, 2.45) is 0 Å². The summed E-state index contributed by atoms with van der Waals surface area (Å²) in [5.74, 6) is 0. The lowest BCUT2D eigenvalue weighted by Gasteiger charge is -2.09. The minimum atomic E-state index is -3.98. The van der Waals surface area contributed by atoms with E-state index in [9.17, 15) is 8.42 Å². The first-order chi connectivity index (χ1) is 7.71. The van der Waals surface area contributed by atoms with E-state index in [1.54, 1.807) is 12.1 Å². The van der Waals surface area contributed by atoms with Crippen LogP contribution in [0.5, 0.6) is 0 Å². The fourth-order valence-corrected chi connectivity index (χ4v) is 2.10. The molecule has 0 aliphatic carbocycles. The third kappa shape index (κ3) is 5.22. The zero-order valence-corrected chi connectivity index (χ0v) is 11.3. The van der Waals surface area contributed by atoms with E-state index >= 15 is 0 Å². The van der Waals surface area contributed by atoms with Gasteiger partial charge < -0.3 is 9.79 Å². The molecular formula is C8H11O6PS2. The Balaban J connectivity index is 2.70. The molecule has 0 unspecified atom stereocenters. The number of hydrogen-bond acceptors (Lipinski definition) is 5. The van der Waals surface area contributed by atoms with Gasteiger partial charge in [0, 0.05) is 0 Å². The van der Waals surface area contributed by atoms with E-state index in [1.165, 1.54) is 12.1 Å². The van der Waals surface area contributed by atoms with Crippen molar-refractivity contribution in [3.8, 4) is 0 Å². The Hall–Kier alpha value is -0.340. The number of hydrogen-bond donors (Lipinski definition) is 2. The third-order valence-corrected chi connectivity index (χ3v) is 3.75. The molecule has 0 aliphatic heterocycles. The highest BCUT2D eigenvalue weighted by Gasteiger charge is 2.17. The molecule has 1 rings (SSSR count). The summed E-state index contributed by atoms with van der Waals surface area (Å²) in [7, 11) is -3.98. The molecule has 1 aromatic rings. The van der Waals surface area contributed by atoms with Crippen molar-refractivity contribution in [3.63, 3.8) is 0 Å². The molecule has 96 valence electrons. The summed E-state index contributed by atoms with van der Waals surface area (Å²) in [6.07, 6.45) is 0. The van der Waals surface area contributed by atoms with Gasteiger partial charge in [-0.15, -0.1) is 0 Å². The summed E-state index contributed by atoms with van der Waals surface area (Å²) in [5, 5.41) is 0. The van der Waals surface area contributed by atoms with Crippen LogP contribution >= 0.6 is 6.72 Å². The maximum Gasteiger partial charge on any atom is 0.324 e. The van der Waals surface area contributed by atoms with Gasteiger partial charge in [0.15, 0.2) is 6.79 Å². The minimum absolute atomic E-state index is 0.0455. The third-order valence-electron chi connectivity index (χ3n) is 1.73. The lowest BCUT2D eigenvalue weighted by atomic mass is 10.2. The van der Waals surface area contributed by atoms with Gasteiger partial charge in [0.25, 0.3) is 10.1 Å². The van der Waals surface area contributed by atoms with E-state index in [1.807, 2.05) is 6.92 Å². The predicted molar refractivity (Wildman–Crippen MR) is 64.1 cm³/mol. The Kier molecular flexibility index (Phi) is 4.79. The molecule has 0 aromatic heterocycles. The molecule has 6 nitrogen and oxygen atoms in total.